The largest absolute Gasteiger partial charge is 0.497 e. The summed E-state index contributed by atoms with van der Waals surface area (Å²) in [7, 11) is 3.32. The first kappa shape index (κ1) is 16.1. The number of hydrogen-bond acceptors (Lipinski definition) is 4. The van der Waals surface area contributed by atoms with Crippen LogP contribution in [0.15, 0.2) is 72.8 Å². The van der Waals surface area contributed by atoms with Gasteiger partial charge in [-0.1, -0.05) is 30.3 Å². The first-order chi connectivity index (χ1) is 12.8. The first-order valence-corrected chi connectivity index (χ1v) is 8.34. The predicted molar refractivity (Wildman–Crippen MR) is 104 cm³/mol. The summed E-state index contributed by atoms with van der Waals surface area (Å²) in [5.74, 6) is 2.30. The minimum atomic E-state index is 0.703. The lowest BCUT2D eigenvalue weighted by molar-refractivity contribution is 0.415. The fourth-order valence-electron chi connectivity index (χ4n) is 2.92. The van der Waals surface area contributed by atoms with E-state index in [0.29, 0.717) is 5.82 Å². The Morgan fingerprint density at radius 2 is 1.35 bits per heavy atom. The number of nitrogens with zero attached hydrogens (tertiary/aromatic N) is 2. The molecule has 0 bridgehead atoms. The van der Waals surface area contributed by atoms with Crippen LogP contribution < -0.4 is 9.47 Å². The Balaban J connectivity index is 1.97. The van der Waals surface area contributed by atoms with E-state index in [-0.39, 0.29) is 0 Å². The molecule has 0 saturated carbocycles. The van der Waals surface area contributed by atoms with E-state index in [1.807, 2.05) is 72.8 Å². The van der Waals surface area contributed by atoms with Crippen molar-refractivity contribution in [3.63, 3.8) is 0 Å². The molecule has 0 unspecified atom stereocenters. The summed E-state index contributed by atoms with van der Waals surface area (Å²) in [5.41, 5.74) is 3.74. The van der Waals surface area contributed by atoms with E-state index in [1.54, 1.807) is 14.2 Å². The third-order valence-electron chi connectivity index (χ3n) is 4.30. The third-order valence-corrected chi connectivity index (χ3v) is 4.30. The van der Waals surface area contributed by atoms with Crippen LogP contribution in [-0.2, 0) is 0 Å². The molecule has 0 spiro atoms. The summed E-state index contributed by atoms with van der Waals surface area (Å²) in [6.45, 7) is 0. The highest BCUT2D eigenvalue weighted by atomic mass is 16.5. The average molecular weight is 342 g/mol. The molecule has 0 amide bonds. The second kappa shape index (κ2) is 6.84. The molecule has 4 aromatic rings. The van der Waals surface area contributed by atoms with E-state index in [0.717, 1.165) is 39.2 Å². The molecule has 0 aliphatic rings. The van der Waals surface area contributed by atoms with Gasteiger partial charge in [-0.3, -0.25) is 0 Å². The lowest BCUT2D eigenvalue weighted by atomic mass is 10.0. The van der Waals surface area contributed by atoms with Gasteiger partial charge in [0.2, 0.25) is 0 Å². The lowest BCUT2D eigenvalue weighted by Crippen LogP contribution is -1.96. The summed E-state index contributed by atoms with van der Waals surface area (Å²) in [4.78, 5) is 9.61. The van der Waals surface area contributed by atoms with Crippen LogP contribution in [0.25, 0.3) is 33.5 Å². The van der Waals surface area contributed by atoms with Gasteiger partial charge in [-0.25, -0.2) is 9.97 Å². The fourth-order valence-corrected chi connectivity index (χ4v) is 2.92. The minimum absolute atomic E-state index is 0.703. The van der Waals surface area contributed by atoms with Crippen LogP contribution in [-0.4, -0.2) is 24.2 Å². The van der Waals surface area contributed by atoms with Crippen LogP contribution >= 0.6 is 0 Å². The molecule has 26 heavy (non-hydrogen) atoms. The zero-order valence-corrected chi connectivity index (χ0v) is 14.6. The minimum Gasteiger partial charge on any atom is -0.497 e. The van der Waals surface area contributed by atoms with Crippen LogP contribution in [0.1, 0.15) is 0 Å². The first-order valence-electron chi connectivity index (χ1n) is 8.34. The van der Waals surface area contributed by atoms with Crippen LogP contribution in [0.3, 0.4) is 0 Å². The van der Waals surface area contributed by atoms with Crippen molar-refractivity contribution in [2.24, 2.45) is 0 Å². The van der Waals surface area contributed by atoms with Crippen molar-refractivity contribution in [2.75, 3.05) is 14.2 Å². The molecule has 0 aliphatic carbocycles. The van der Waals surface area contributed by atoms with Crippen LogP contribution in [0, 0.1) is 0 Å². The molecule has 0 atom stereocenters. The van der Waals surface area contributed by atoms with Crippen molar-refractivity contribution in [1.29, 1.82) is 0 Å². The van der Waals surface area contributed by atoms with Gasteiger partial charge >= 0.3 is 0 Å². The number of aromatic nitrogens is 2. The van der Waals surface area contributed by atoms with Gasteiger partial charge in [-0.05, 0) is 42.5 Å². The molecule has 1 heterocycles. The number of ether oxygens (including phenoxy) is 2. The molecule has 1 aromatic heterocycles. The van der Waals surface area contributed by atoms with Crippen molar-refractivity contribution >= 4 is 10.9 Å². The fraction of sp³-hybridized carbons (Fsp3) is 0.0909. The van der Waals surface area contributed by atoms with Crippen molar-refractivity contribution in [2.45, 2.75) is 0 Å². The molecule has 0 aliphatic heterocycles. The van der Waals surface area contributed by atoms with Crippen LogP contribution in [0.4, 0.5) is 0 Å². The van der Waals surface area contributed by atoms with Crippen molar-refractivity contribution < 1.29 is 9.47 Å². The highest BCUT2D eigenvalue weighted by Gasteiger charge is 2.12. The molecule has 3 aromatic carbocycles. The molecule has 4 nitrogen and oxygen atoms in total. The summed E-state index contributed by atoms with van der Waals surface area (Å²) in [6, 6.07) is 23.8. The zero-order chi connectivity index (χ0) is 17.9. The van der Waals surface area contributed by atoms with Gasteiger partial charge in [0.25, 0.3) is 0 Å². The molecule has 4 heteroatoms. The maximum atomic E-state index is 5.39. The maximum Gasteiger partial charge on any atom is 0.160 e. The Labute approximate surface area is 152 Å². The Bertz CT molecular complexity index is 1040. The number of hydrogen-bond donors (Lipinski definition) is 0. The monoisotopic (exact) mass is 342 g/mol. The van der Waals surface area contributed by atoms with Crippen molar-refractivity contribution in [3.8, 4) is 34.1 Å². The summed E-state index contributed by atoms with van der Waals surface area (Å²) < 4.78 is 10.7. The topological polar surface area (TPSA) is 44.2 Å². The zero-order valence-electron chi connectivity index (χ0n) is 14.6. The quantitative estimate of drug-likeness (QED) is 0.524. The van der Waals surface area contributed by atoms with E-state index >= 15 is 0 Å². The van der Waals surface area contributed by atoms with Crippen LogP contribution in [0.5, 0.6) is 11.5 Å². The van der Waals surface area contributed by atoms with Crippen molar-refractivity contribution in [3.05, 3.63) is 72.8 Å². The molecule has 0 fully saturated rings. The SMILES string of the molecule is COc1ccc(-c2nc(-c3ccccc3)nc3ccc(OC)cc23)cc1. The van der Waals surface area contributed by atoms with Crippen molar-refractivity contribution in [1.82, 2.24) is 9.97 Å². The van der Waals surface area contributed by atoms with E-state index in [4.69, 9.17) is 19.4 Å². The average Bonchev–Trinajstić information content (AvgIpc) is 2.73. The highest BCUT2D eigenvalue weighted by Crippen LogP contribution is 2.32. The molecule has 4 rings (SSSR count). The maximum absolute atomic E-state index is 5.39. The van der Waals surface area contributed by atoms with Gasteiger partial charge in [-0.15, -0.1) is 0 Å². The third kappa shape index (κ3) is 2.97. The second-order valence-corrected chi connectivity index (χ2v) is 5.87. The van der Waals surface area contributed by atoms with Gasteiger partial charge in [-0.2, -0.15) is 0 Å². The van der Waals surface area contributed by atoms with Gasteiger partial charge in [0.05, 0.1) is 25.4 Å². The summed E-state index contributed by atoms with van der Waals surface area (Å²) in [6.07, 6.45) is 0. The van der Waals surface area contributed by atoms with E-state index in [2.05, 4.69) is 0 Å². The number of fused-ring (bicyclic) bond motifs is 1. The Kier molecular flexibility index (Phi) is 4.23. The van der Waals surface area contributed by atoms with Gasteiger partial charge < -0.3 is 9.47 Å². The molecule has 0 N–H and O–H groups in total. The van der Waals surface area contributed by atoms with E-state index < -0.39 is 0 Å². The molecular weight excluding hydrogens is 324 g/mol. The molecular formula is C22H18N2O2. The van der Waals surface area contributed by atoms with E-state index in [1.165, 1.54) is 0 Å². The predicted octanol–water partition coefficient (Wildman–Crippen LogP) is 4.98. The molecule has 0 radical (unpaired) electrons. The smallest absolute Gasteiger partial charge is 0.160 e. The van der Waals surface area contributed by atoms with Gasteiger partial charge in [0.1, 0.15) is 11.5 Å². The Morgan fingerprint density at radius 1 is 0.654 bits per heavy atom. The molecule has 128 valence electrons. The summed E-state index contributed by atoms with van der Waals surface area (Å²) >= 11 is 0. The second-order valence-electron chi connectivity index (χ2n) is 5.87. The van der Waals surface area contributed by atoms with Gasteiger partial charge in [0.15, 0.2) is 5.82 Å². The normalized spacial score (nSPS) is 10.7. The summed E-state index contributed by atoms with van der Waals surface area (Å²) in [5, 5.41) is 0.953. The van der Waals surface area contributed by atoms with Crippen LogP contribution in [0.2, 0.25) is 0 Å². The lowest BCUT2D eigenvalue weighted by Gasteiger charge is -2.11. The Morgan fingerprint density at radius 3 is 2.04 bits per heavy atom. The Hall–Kier alpha value is -3.40. The number of methoxy groups -OCH3 is 2. The highest BCUT2D eigenvalue weighted by molar-refractivity contribution is 5.94. The van der Waals surface area contributed by atoms with E-state index in [9.17, 15) is 0 Å². The number of benzene rings is 3. The molecule has 0 saturated heterocycles. The standard InChI is InChI=1S/C22H18N2O2/c1-25-17-10-8-15(9-11-17)21-19-14-18(26-2)12-13-20(19)23-22(24-21)16-6-4-3-5-7-16/h3-14H,1-2H3. The van der Waals surface area contributed by atoms with Gasteiger partial charge in [0, 0.05) is 16.5 Å². The number of rotatable bonds is 4.